The fourth-order valence-electron chi connectivity index (χ4n) is 2.35. The number of Topliss-reactive ketones (excluding diaryl/α,β-unsaturated/α-hetero) is 1. The summed E-state index contributed by atoms with van der Waals surface area (Å²) in [4.78, 5) is 38.3. The Hall–Kier alpha value is -2.87. The number of fused-ring (bicyclic) bond motifs is 1. The van der Waals surface area contributed by atoms with Crippen molar-refractivity contribution in [3.63, 3.8) is 0 Å². The molecular weight excluding hydrogens is 320 g/mol. The van der Waals surface area contributed by atoms with E-state index in [-0.39, 0.29) is 22.2 Å². The van der Waals surface area contributed by atoms with Gasteiger partial charge in [-0.1, -0.05) is 6.08 Å². The Balaban J connectivity index is 1.90. The lowest BCUT2D eigenvalue weighted by molar-refractivity contribution is -0.384. The van der Waals surface area contributed by atoms with Crippen LogP contribution in [0.3, 0.4) is 0 Å². The molecule has 1 aliphatic carbocycles. The Bertz CT molecular complexity index is 869. The summed E-state index contributed by atoms with van der Waals surface area (Å²) in [5.74, 6) is -0.908. The Labute approximate surface area is 134 Å². The number of nitrogens with zero attached hydrogens (tertiary/aromatic N) is 2. The lowest BCUT2D eigenvalue weighted by Crippen LogP contribution is -2.05. The maximum absolute atomic E-state index is 12.5. The number of nitro groups is 1. The van der Waals surface area contributed by atoms with Crippen LogP contribution in [0.25, 0.3) is 5.57 Å². The Morgan fingerprint density at radius 2 is 2.17 bits per heavy atom. The van der Waals surface area contributed by atoms with Gasteiger partial charge in [0.05, 0.1) is 12.0 Å². The first-order chi connectivity index (χ1) is 11.0. The molecule has 116 valence electrons. The van der Waals surface area contributed by atoms with Gasteiger partial charge in [0.2, 0.25) is 5.78 Å². The van der Waals surface area contributed by atoms with Crippen LogP contribution < -0.4 is 0 Å². The highest BCUT2D eigenvalue weighted by molar-refractivity contribution is 7.12. The molecule has 1 aromatic carbocycles. The first-order valence-electron chi connectivity index (χ1n) is 6.57. The van der Waals surface area contributed by atoms with Crippen LogP contribution in [0.2, 0.25) is 0 Å². The third kappa shape index (κ3) is 2.64. The van der Waals surface area contributed by atoms with E-state index in [0.29, 0.717) is 17.6 Å². The zero-order valence-corrected chi connectivity index (χ0v) is 12.8. The van der Waals surface area contributed by atoms with Crippen LogP contribution in [-0.4, -0.2) is 28.8 Å². The molecule has 0 radical (unpaired) electrons. The second-order valence-corrected chi connectivity index (χ2v) is 5.64. The first kappa shape index (κ1) is 15.0. The van der Waals surface area contributed by atoms with E-state index in [1.165, 1.54) is 24.6 Å². The molecule has 1 aliphatic rings. The minimum absolute atomic E-state index is 0.00641. The van der Waals surface area contributed by atoms with E-state index < -0.39 is 10.9 Å². The number of carbonyl (C=O) groups is 2. The molecule has 0 atom stereocenters. The minimum atomic E-state index is -0.600. The van der Waals surface area contributed by atoms with Crippen molar-refractivity contribution >= 4 is 34.3 Å². The number of benzene rings is 1. The zero-order chi connectivity index (χ0) is 16.6. The highest BCUT2D eigenvalue weighted by Gasteiger charge is 2.26. The van der Waals surface area contributed by atoms with E-state index >= 15 is 0 Å². The number of ether oxygens (including phenoxy) is 1. The van der Waals surface area contributed by atoms with Gasteiger partial charge in [-0.3, -0.25) is 14.9 Å². The average molecular weight is 330 g/mol. The Morgan fingerprint density at radius 1 is 1.39 bits per heavy atom. The molecule has 0 amide bonds. The van der Waals surface area contributed by atoms with Crippen molar-refractivity contribution in [2.24, 2.45) is 0 Å². The number of aromatic nitrogens is 1. The van der Waals surface area contributed by atoms with Crippen molar-refractivity contribution in [2.45, 2.75) is 6.42 Å². The van der Waals surface area contributed by atoms with E-state index in [1.54, 1.807) is 12.1 Å². The fourth-order valence-corrected chi connectivity index (χ4v) is 3.09. The van der Waals surface area contributed by atoms with Crippen molar-refractivity contribution in [2.75, 3.05) is 7.11 Å². The number of hydrogen-bond acceptors (Lipinski definition) is 7. The van der Waals surface area contributed by atoms with Crippen molar-refractivity contribution < 1.29 is 19.2 Å². The minimum Gasteiger partial charge on any atom is -0.464 e. The number of nitro benzene ring substituents is 1. The van der Waals surface area contributed by atoms with Crippen molar-refractivity contribution in [1.29, 1.82) is 0 Å². The molecule has 1 aromatic heterocycles. The lowest BCUT2D eigenvalue weighted by atomic mass is 10.0. The van der Waals surface area contributed by atoms with Crippen molar-refractivity contribution in [3.05, 3.63) is 61.6 Å². The summed E-state index contributed by atoms with van der Waals surface area (Å²) in [7, 11) is 1.24. The molecule has 1 heterocycles. The summed E-state index contributed by atoms with van der Waals surface area (Å²) in [5, 5.41) is 12.4. The second kappa shape index (κ2) is 5.73. The topological polar surface area (TPSA) is 99.4 Å². The van der Waals surface area contributed by atoms with Crippen LogP contribution in [0.5, 0.6) is 0 Å². The summed E-state index contributed by atoms with van der Waals surface area (Å²) in [5.41, 5.74) is 1.92. The highest BCUT2D eigenvalue weighted by atomic mass is 32.1. The second-order valence-electron chi connectivity index (χ2n) is 4.78. The summed E-state index contributed by atoms with van der Waals surface area (Å²) >= 11 is 1.06. The molecule has 0 bridgehead atoms. The predicted molar refractivity (Wildman–Crippen MR) is 82.6 cm³/mol. The maximum atomic E-state index is 12.5. The van der Waals surface area contributed by atoms with Gasteiger partial charge in [0.15, 0.2) is 10.7 Å². The average Bonchev–Trinajstić information content (AvgIpc) is 3.19. The van der Waals surface area contributed by atoms with E-state index in [1.807, 2.05) is 0 Å². The van der Waals surface area contributed by atoms with Crippen LogP contribution >= 0.6 is 11.3 Å². The lowest BCUT2D eigenvalue weighted by Gasteiger charge is -2.03. The fraction of sp³-hybridized carbons (Fsp3) is 0.133. The maximum Gasteiger partial charge on any atom is 0.357 e. The normalized spacial score (nSPS) is 12.5. The van der Waals surface area contributed by atoms with Crippen LogP contribution in [-0.2, 0) is 11.2 Å². The van der Waals surface area contributed by atoms with Crippen LogP contribution in [0, 0.1) is 10.1 Å². The van der Waals surface area contributed by atoms with Crippen molar-refractivity contribution in [3.8, 4) is 0 Å². The molecule has 0 N–H and O–H groups in total. The summed E-state index contributed by atoms with van der Waals surface area (Å²) in [6, 6.07) is 4.40. The van der Waals surface area contributed by atoms with Crippen molar-refractivity contribution in [1.82, 2.24) is 4.98 Å². The molecule has 7 nitrogen and oxygen atoms in total. The third-order valence-corrected chi connectivity index (χ3v) is 4.29. The number of allylic oxidation sites excluding steroid dienone is 2. The molecule has 0 aliphatic heterocycles. The van der Waals surface area contributed by atoms with Gasteiger partial charge >= 0.3 is 5.97 Å². The molecule has 3 rings (SSSR count). The molecule has 0 unspecified atom stereocenters. The summed E-state index contributed by atoms with van der Waals surface area (Å²) in [6.07, 6.45) is 2.17. The van der Waals surface area contributed by atoms with E-state index in [0.717, 1.165) is 16.9 Å². The van der Waals surface area contributed by atoms with Crippen LogP contribution in [0.4, 0.5) is 5.69 Å². The molecule has 0 spiro atoms. The molecule has 23 heavy (non-hydrogen) atoms. The molecular formula is C15H10N2O5S. The van der Waals surface area contributed by atoms with Crippen LogP contribution in [0.15, 0.2) is 29.7 Å². The van der Waals surface area contributed by atoms with Gasteiger partial charge in [-0.2, -0.15) is 0 Å². The molecule has 0 saturated heterocycles. The van der Waals surface area contributed by atoms with Gasteiger partial charge in [-0.15, -0.1) is 11.3 Å². The molecule has 0 saturated carbocycles. The number of methoxy groups -OCH3 is 1. The molecule has 2 aromatic rings. The van der Waals surface area contributed by atoms with Gasteiger partial charge in [-0.05, 0) is 23.6 Å². The summed E-state index contributed by atoms with van der Waals surface area (Å²) < 4.78 is 4.56. The first-order valence-corrected chi connectivity index (χ1v) is 7.45. The van der Waals surface area contributed by atoms with Crippen LogP contribution in [0.1, 0.15) is 31.4 Å². The van der Waals surface area contributed by atoms with E-state index in [9.17, 15) is 19.7 Å². The smallest absolute Gasteiger partial charge is 0.357 e. The Kier molecular flexibility index (Phi) is 3.75. The SMILES string of the molecule is COC(=O)c1csc(C(=O)C2=CCc3cc([N+](=O)[O-])ccc32)n1. The van der Waals surface area contributed by atoms with E-state index in [4.69, 9.17) is 0 Å². The number of hydrogen-bond donors (Lipinski definition) is 0. The number of esters is 1. The zero-order valence-electron chi connectivity index (χ0n) is 11.9. The van der Waals surface area contributed by atoms with E-state index in [2.05, 4.69) is 9.72 Å². The molecule has 8 heteroatoms. The number of thiazole rings is 1. The van der Waals surface area contributed by atoms with Gasteiger partial charge in [0, 0.05) is 23.1 Å². The Morgan fingerprint density at radius 3 is 2.87 bits per heavy atom. The van der Waals surface area contributed by atoms with Gasteiger partial charge in [-0.25, -0.2) is 9.78 Å². The highest BCUT2D eigenvalue weighted by Crippen LogP contribution is 2.33. The number of non-ortho nitro benzene ring substituents is 1. The monoisotopic (exact) mass is 330 g/mol. The standard InChI is InChI=1S/C15H10N2O5S/c1-22-15(19)12-7-23-14(16-12)13(18)11-4-2-8-6-9(17(20)21)3-5-10(8)11/h3-7H,2H2,1H3. The van der Waals surface area contributed by atoms with Gasteiger partial charge < -0.3 is 4.74 Å². The number of carbonyl (C=O) groups excluding carboxylic acids is 2. The van der Waals surface area contributed by atoms with Gasteiger partial charge in [0.1, 0.15) is 0 Å². The quantitative estimate of drug-likeness (QED) is 0.370. The summed E-state index contributed by atoms with van der Waals surface area (Å²) in [6.45, 7) is 0. The third-order valence-electron chi connectivity index (χ3n) is 3.45. The largest absolute Gasteiger partial charge is 0.464 e. The predicted octanol–water partition coefficient (Wildman–Crippen LogP) is 2.66. The van der Waals surface area contributed by atoms with Gasteiger partial charge in [0.25, 0.3) is 5.69 Å². The molecule has 0 fully saturated rings. The number of rotatable bonds is 4. The number of ketones is 1.